The molecule has 0 unspecified atom stereocenters. The molecule has 1 aliphatic heterocycles. The lowest BCUT2D eigenvalue weighted by Crippen LogP contribution is -3.00. The molecule has 2 aliphatic carbocycles. The minimum atomic E-state index is -0.960. The molecular weight excluding hydrogens is 719 g/mol. The summed E-state index contributed by atoms with van der Waals surface area (Å²) < 4.78 is 6.87. The summed E-state index contributed by atoms with van der Waals surface area (Å²) in [5.41, 5.74) is 2.86. The van der Waals surface area contributed by atoms with Crippen LogP contribution in [-0.4, -0.2) is 59.8 Å². The Hall–Kier alpha value is -2.20. The predicted octanol–water partition coefficient (Wildman–Crippen LogP) is 5.17. The smallest absolute Gasteiger partial charge is 0.410 e. The number of hydrogen-bond donors (Lipinski definition) is 0. The largest absolute Gasteiger partial charge is 1.00 e. The quantitative estimate of drug-likeness (QED) is 0.136. The van der Waals surface area contributed by atoms with Crippen LogP contribution in [0.4, 0.5) is 4.79 Å². The van der Waals surface area contributed by atoms with Crippen LogP contribution in [0.2, 0.25) is 0 Å². The van der Waals surface area contributed by atoms with Crippen molar-refractivity contribution in [3.05, 3.63) is 71.8 Å². The van der Waals surface area contributed by atoms with Crippen molar-refractivity contribution in [2.24, 2.45) is 11.3 Å². The Labute approximate surface area is 305 Å². The molecule has 1 heterocycles. The average molecular weight is 775 g/mol. The molecule has 0 atom stereocenters. The van der Waals surface area contributed by atoms with E-state index < -0.39 is 11.6 Å². The molecule has 2 spiro atoms. The van der Waals surface area contributed by atoms with Gasteiger partial charge in [0, 0.05) is 62.7 Å². The first-order valence-corrected chi connectivity index (χ1v) is 17.6. The number of ether oxygens (including phenoxy) is 1. The Bertz CT molecular complexity index is 1260. The molecule has 3 fully saturated rings. The summed E-state index contributed by atoms with van der Waals surface area (Å²) >= 11 is 0. The molecule has 0 bridgehead atoms. The summed E-state index contributed by atoms with van der Waals surface area (Å²) in [5, 5.41) is 0. The monoisotopic (exact) mass is 774 g/mol. The van der Waals surface area contributed by atoms with Crippen LogP contribution in [0.1, 0.15) is 96.1 Å². The van der Waals surface area contributed by atoms with Crippen LogP contribution in [-0.2, 0) is 37.4 Å². The van der Waals surface area contributed by atoms with Crippen LogP contribution in [0.5, 0.6) is 0 Å². The molecule has 2 aromatic rings. The van der Waals surface area contributed by atoms with Crippen molar-refractivity contribution in [1.82, 2.24) is 4.90 Å². The van der Waals surface area contributed by atoms with Crippen LogP contribution in [0.3, 0.4) is 0 Å². The van der Waals surface area contributed by atoms with E-state index in [4.69, 9.17) is 30.7 Å². The summed E-state index contributed by atoms with van der Waals surface area (Å²) in [5.74, 6) is 1.52. The van der Waals surface area contributed by atoms with Crippen molar-refractivity contribution in [3.8, 4) is 12.3 Å². The Balaban J connectivity index is 0.00000520. The van der Waals surface area contributed by atoms with Crippen molar-refractivity contribution in [3.63, 3.8) is 0 Å². The van der Waals surface area contributed by atoms with Crippen molar-refractivity contribution >= 4 is 6.09 Å². The zero-order valence-electron chi connectivity index (χ0n) is 29.3. The minimum absolute atomic E-state index is 0. The highest BCUT2D eigenvalue weighted by atomic mass is 127. The molecule has 48 heavy (non-hydrogen) atoms. The third-order valence-corrected chi connectivity index (χ3v) is 10.3. The highest BCUT2D eigenvalue weighted by Crippen LogP contribution is 2.48. The predicted molar refractivity (Wildman–Crippen MR) is 181 cm³/mol. The molecule has 264 valence electrons. The number of quaternary nitrogens is 1. The first kappa shape index (κ1) is 38.6. The number of rotatable bonds is 11. The van der Waals surface area contributed by atoms with Gasteiger partial charge in [-0.3, -0.25) is 0 Å². The van der Waals surface area contributed by atoms with E-state index in [-0.39, 0.29) is 41.6 Å². The van der Waals surface area contributed by atoms with Gasteiger partial charge in [-0.15, -0.1) is 12.3 Å². The van der Waals surface area contributed by atoms with Crippen LogP contribution in [0.15, 0.2) is 60.7 Å². The van der Waals surface area contributed by atoms with Crippen molar-refractivity contribution in [2.45, 2.75) is 116 Å². The molecule has 0 N–H and O–H groups in total. The zero-order valence-corrected chi connectivity index (χ0v) is 31.5. The van der Waals surface area contributed by atoms with E-state index in [0.29, 0.717) is 51.1 Å². The SMILES string of the molecule is C#CCCN(CCC[N+](C)(Cc1ccccc1)Cc1ccccc1)C(=O)OC1CCC2(CC1)OOC1(CCC(C(C)(C)C)CC1)OO2.[I-]. The first-order valence-electron chi connectivity index (χ1n) is 17.6. The van der Waals surface area contributed by atoms with Crippen molar-refractivity contribution in [1.29, 1.82) is 0 Å². The molecule has 0 aromatic heterocycles. The third-order valence-electron chi connectivity index (χ3n) is 10.3. The lowest BCUT2D eigenvalue weighted by molar-refractivity contribution is -0.935. The van der Waals surface area contributed by atoms with Gasteiger partial charge >= 0.3 is 6.09 Å². The maximum atomic E-state index is 13.4. The van der Waals surface area contributed by atoms with Gasteiger partial charge in [-0.25, -0.2) is 4.79 Å². The third kappa shape index (κ3) is 10.6. The lowest BCUT2D eigenvalue weighted by Gasteiger charge is -2.48. The fourth-order valence-corrected chi connectivity index (χ4v) is 7.35. The van der Waals surface area contributed by atoms with Crippen LogP contribution < -0.4 is 24.0 Å². The number of benzene rings is 2. The Morgan fingerprint density at radius 2 is 1.33 bits per heavy atom. The molecule has 5 rings (SSSR count). The first-order chi connectivity index (χ1) is 22.5. The van der Waals surface area contributed by atoms with E-state index in [0.717, 1.165) is 56.2 Å². The molecule has 9 heteroatoms. The number of halogens is 1. The van der Waals surface area contributed by atoms with Gasteiger partial charge in [-0.1, -0.05) is 81.4 Å². The molecule has 1 amide bonds. The van der Waals surface area contributed by atoms with Gasteiger partial charge in [0.2, 0.25) is 11.6 Å². The highest BCUT2D eigenvalue weighted by molar-refractivity contribution is 5.67. The lowest BCUT2D eigenvalue weighted by atomic mass is 9.71. The van der Waals surface area contributed by atoms with E-state index in [1.165, 1.54) is 11.1 Å². The van der Waals surface area contributed by atoms with Crippen LogP contribution in [0.25, 0.3) is 0 Å². The number of nitrogens with zero attached hydrogens (tertiary/aromatic N) is 2. The number of carbonyl (C=O) groups is 1. The van der Waals surface area contributed by atoms with E-state index in [1.54, 1.807) is 4.90 Å². The maximum absolute atomic E-state index is 13.4. The second-order valence-corrected chi connectivity index (χ2v) is 15.3. The molecule has 3 aliphatic rings. The number of carbonyl (C=O) groups excluding carboxylic acids is 1. The number of amides is 1. The fourth-order valence-electron chi connectivity index (χ4n) is 7.35. The second-order valence-electron chi connectivity index (χ2n) is 15.3. The van der Waals surface area contributed by atoms with E-state index in [2.05, 4.69) is 94.4 Å². The van der Waals surface area contributed by atoms with Gasteiger partial charge in [-0.2, -0.15) is 19.6 Å². The topological polar surface area (TPSA) is 66.5 Å². The fraction of sp³-hybridized carbons (Fsp3) is 0.615. The average Bonchev–Trinajstić information content (AvgIpc) is 3.06. The molecule has 2 saturated carbocycles. The van der Waals surface area contributed by atoms with Gasteiger partial charge in [0.05, 0.1) is 13.6 Å². The molecule has 2 aromatic carbocycles. The molecule has 0 radical (unpaired) electrons. The summed E-state index contributed by atoms with van der Waals surface area (Å²) in [7, 11) is 2.30. The van der Waals surface area contributed by atoms with Crippen LogP contribution >= 0.6 is 0 Å². The standard InChI is InChI=1S/C39H55N2O6.HI/c1-6-7-27-40(28-14-29-41(5,30-32-15-10-8-11-16-32)31-33-17-12-9-13-18-33)36(42)43-35-21-25-39(26-22-35)46-44-38(45-47-39)23-19-34(20-24-38)37(2,3)4;/h1,8-13,15-18,34-35H,7,14,19-31H2,2-5H3;1H/q+1;/p-1. The summed E-state index contributed by atoms with van der Waals surface area (Å²) in [6.45, 7) is 10.6. The van der Waals surface area contributed by atoms with Gasteiger partial charge in [-0.05, 0) is 37.0 Å². The molecule has 1 saturated heterocycles. The molecular formula is C39H55IN2O6. The second kappa shape index (κ2) is 17.1. The number of hydrogen-bond acceptors (Lipinski definition) is 6. The summed E-state index contributed by atoms with van der Waals surface area (Å²) in [6, 6.07) is 21.2. The zero-order chi connectivity index (χ0) is 33.4. The Kier molecular flexibility index (Phi) is 13.8. The van der Waals surface area contributed by atoms with Gasteiger partial charge < -0.3 is 38.1 Å². The normalized spacial score (nSPS) is 26.0. The van der Waals surface area contributed by atoms with Crippen LogP contribution in [0, 0.1) is 23.7 Å². The van der Waals surface area contributed by atoms with Crippen molar-refractivity contribution in [2.75, 3.05) is 26.7 Å². The minimum Gasteiger partial charge on any atom is -1.00 e. The Morgan fingerprint density at radius 3 is 1.79 bits per heavy atom. The summed E-state index contributed by atoms with van der Waals surface area (Å²) in [4.78, 5) is 38.9. The van der Waals surface area contributed by atoms with Gasteiger partial charge in [0.15, 0.2) is 0 Å². The Morgan fingerprint density at radius 1 is 0.854 bits per heavy atom. The van der Waals surface area contributed by atoms with E-state index in [9.17, 15) is 4.79 Å². The maximum Gasteiger partial charge on any atom is 0.410 e. The molecule has 8 nitrogen and oxygen atoms in total. The van der Waals surface area contributed by atoms with Gasteiger partial charge in [0.25, 0.3) is 0 Å². The van der Waals surface area contributed by atoms with E-state index in [1.807, 2.05) is 0 Å². The van der Waals surface area contributed by atoms with Gasteiger partial charge in [0.1, 0.15) is 19.2 Å². The summed E-state index contributed by atoms with van der Waals surface area (Å²) in [6.07, 6.45) is 12.1. The highest BCUT2D eigenvalue weighted by Gasteiger charge is 2.52. The van der Waals surface area contributed by atoms with E-state index >= 15 is 0 Å². The number of terminal acetylenes is 1. The van der Waals surface area contributed by atoms with Crippen molar-refractivity contribution < 1.29 is 57.5 Å².